The Bertz CT molecular complexity index is 682. The number of hydrogen-bond acceptors (Lipinski definition) is 3. The third-order valence-corrected chi connectivity index (χ3v) is 10.6. The lowest BCUT2D eigenvalue weighted by atomic mass is 10.1. The molecule has 0 unspecified atom stereocenters. The van der Waals surface area contributed by atoms with Gasteiger partial charge in [-0.15, -0.1) is 0 Å². The maximum atomic E-state index is 6.63. The summed E-state index contributed by atoms with van der Waals surface area (Å²) >= 11 is 0. The summed E-state index contributed by atoms with van der Waals surface area (Å²) in [5, 5.41) is 0.214. The topological polar surface area (TPSA) is 25.0 Å². The Morgan fingerprint density at radius 3 is 1.82 bits per heavy atom. The monoisotopic (exact) mass is 397 g/mol. The van der Waals surface area contributed by atoms with Crippen LogP contribution < -0.4 is 0 Å². The van der Waals surface area contributed by atoms with Gasteiger partial charge in [-0.05, 0) is 29.3 Å². The first-order valence-corrected chi connectivity index (χ1v) is 13.2. The highest BCUT2D eigenvalue weighted by molar-refractivity contribution is 6.74. The SMILES string of the molecule is CC(C)(C)[Si](C)(C)OC[C@@H]([C@@H]1CO1)N(Cc1ccccc1)Cc1ccccc1. The van der Waals surface area contributed by atoms with Crippen LogP contribution in [0.1, 0.15) is 31.9 Å². The van der Waals surface area contributed by atoms with Crippen molar-refractivity contribution < 1.29 is 9.16 Å². The van der Waals surface area contributed by atoms with E-state index in [9.17, 15) is 0 Å². The van der Waals surface area contributed by atoms with Crippen molar-refractivity contribution in [1.29, 1.82) is 0 Å². The molecular weight excluding hydrogens is 362 g/mol. The van der Waals surface area contributed by atoms with E-state index in [-0.39, 0.29) is 17.2 Å². The minimum atomic E-state index is -1.80. The van der Waals surface area contributed by atoms with Gasteiger partial charge >= 0.3 is 0 Å². The molecule has 0 radical (unpaired) electrons. The molecule has 3 rings (SSSR count). The van der Waals surface area contributed by atoms with Crippen molar-refractivity contribution in [3.8, 4) is 0 Å². The second-order valence-electron chi connectivity index (χ2n) is 9.39. The highest BCUT2D eigenvalue weighted by Gasteiger charge is 2.42. The van der Waals surface area contributed by atoms with Gasteiger partial charge in [-0.3, -0.25) is 4.90 Å². The number of hydrogen-bond donors (Lipinski definition) is 0. The van der Waals surface area contributed by atoms with Gasteiger partial charge < -0.3 is 9.16 Å². The molecule has 2 atom stereocenters. The van der Waals surface area contributed by atoms with Crippen LogP contribution in [0, 0.1) is 0 Å². The molecule has 0 saturated carbocycles. The second kappa shape index (κ2) is 8.91. The van der Waals surface area contributed by atoms with Crippen LogP contribution in [-0.4, -0.2) is 38.6 Å². The lowest BCUT2D eigenvalue weighted by molar-refractivity contribution is 0.0910. The zero-order valence-electron chi connectivity index (χ0n) is 18.0. The summed E-state index contributed by atoms with van der Waals surface area (Å²) in [7, 11) is -1.80. The van der Waals surface area contributed by atoms with Crippen molar-refractivity contribution in [3.05, 3.63) is 71.8 Å². The maximum absolute atomic E-state index is 6.63. The van der Waals surface area contributed by atoms with E-state index >= 15 is 0 Å². The van der Waals surface area contributed by atoms with Crippen molar-refractivity contribution in [3.63, 3.8) is 0 Å². The third kappa shape index (κ3) is 5.77. The minimum Gasteiger partial charge on any atom is -0.415 e. The zero-order chi connectivity index (χ0) is 20.2. The molecule has 1 aliphatic rings. The Kier molecular flexibility index (Phi) is 6.76. The molecule has 2 aromatic carbocycles. The van der Waals surface area contributed by atoms with Crippen LogP contribution in [0.15, 0.2) is 60.7 Å². The Hall–Kier alpha value is -1.46. The molecule has 2 aromatic rings. The van der Waals surface area contributed by atoms with Gasteiger partial charge in [0, 0.05) is 13.1 Å². The van der Waals surface area contributed by atoms with E-state index in [2.05, 4.69) is 99.4 Å². The zero-order valence-corrected chi connectivity index (χ0v) is 19.0. The van der Waals surface area contributed by atoms with Crippen molar-refractivity contribution in [2.45, 2.75) is 64.1 Å². The van der Waals surface area contributed by atoms with Crippen molar-refractivity contribution in [2.75, 3.05) is 13.2 Å². The number of ether oxygens (including phenoxy) is 1. The molecule has 0 amide bonds. The predicted octanol–water partition coefficient (Wildman–Crippen LogP) is 5.48. The van der Waals surface area contributed by atoms with Gasteiger partial charge in [-0.1, -0.05) is 81.4 Å². The first-order valence-electron chi connectivity index (χ1n) is 10.3. The highest BCUT2D eigenvalue weighted by Crippen LogP contribution is 2.37. The lowest BCUT2D eigenvalue weighted by Gasteiger charge is -2.39. The first-order chi connectivity index (χ1) is 13.3. The van der Waals surface area contributed by atoms with Gasteiger partial charge in [-0.25, -0.2) is 0 Å². The van der Waals surface area contributed by atoms with Crippen molar-refractivity contribution >= 4 is 8.32 Å². The van der Waals surface area contributed by atoms with Crippen molar-refractivity contribution in [1.82, 2.24) is 4.90 Å². The van der Waals surface area contributed by atoms with E-state index < -0.39 is 8.32 Å². The van der Waals surface area contributed by atoms with Crippen LogP contribution in [0.25, 0.3) is 0 Å². The van der Waals surface area contributed by atoms with Gasteiger partial charge in [0.15, 0.2) is 8.32 Å². The quantitative estimate of drug-likeness (QED) is 0.414. The molecule has 1 fully saturated rings. The second-order valence-corrected chi connectivity index (χ2v) is 14.2. The Morgan fingerprint density at radius 1 is 0.964 bits per heavy atom. The van der Waals surface area contributed by atoms with Crippen LogP contribution in [-0.2, 0) is 22.3 Å². The first kappa shape index (κ1) is 21.3. The molecule has 1 aliphatic heterocycles. The standard InChI is InChI=1S/C24H35NO2Si/c1-24(2,3)28(4,5)27-18-22(23-19-26-23)25(16-20-12-8-6-9-13-20)17-21-14-10-7-11-15-21/h6-15,22-23H,16-19H2,1-5H3/t22-,23-/m0/s1. The van der Waals surface area contributed by atoms with Crippen LogP contribution in [0.3, 0.4) is 0 Å². The Labute approximate surface area is 171 Å². The number of nitrogens with zero attached hydrogens (tertiary/aromatic N) is 1. The summed E-state index contributed by atoms with van der Waals surface area (Å²) in [5.74, 6) is 0. The molecule has 4 heteroatoms. The fraction of sp³-hybridized carbons (Fsp3) is 0.500. The number of epoxide rings is 1. The molecule has 0 N–H and O–H groups in total. The van der Waals surface area contributed by atoms with E-state index in [0.717, 1.165) is 26.3 Å². The summed E-state index contributed by atoms with van der Waals surface area (Å²) in [6.45, 7) is 14.9. The van der Waals surface area contributed by atoms with E-state index in [1.54, 1.807) is 0 Å². The summed E-state index contributed by atoms with van der Waals surface area (Å²) in [6.07, 6.45) is 0.275. The number of benzene rings is 2. The molecule has 28 heavy (non-hydrogen) atoms. The van der Waals surface area contributed by atoms with Crippen LogP contribution in [0.5, 0.6) is 0 Å². The molecule has 1 heterocycles. The van der Waals surface area contributed by atoms with Gasteiger partial charge in [0.2, 0.25) is 0 Å². The molecule has 152 valence electrons. The van der Waals surface area contributed by atoms with E-state index in [1.807, 2.05) is 0 Å². The molecule has 0 spiro atoms. The summed E-state index contributed by atoms with van der Waals surface area (Å²) in [6, 6.07) is 21.7. The molecule has 0 aromatic heterocycles. The fourth-order valence-corrected chi connectivity index (χ4v) is 4.18. The Balaban J connectivity index is 1.78. The van der Waals surface area contributed by atoms with Gasteiger partial charge in [0.25, 0.3) is 0 Å². The van der Waals surface area contributed by atoms with Gasteiger partial charge in [0.05, 0.1) is 25.4 Å². The maximum Gasteiger partial charge on any atom is 0.192 e. The smallest absolute Gasteiger partial charge is 0.192 e. The largest absolute Gasteiger partial charge is 0.415 e. The van der Waals surface area contributed by atoms with Crippen LogP contribution in [0.4, 0.5) is 0 Å². The molecule has 0 bridgehead atoms. The molecule has 3 nitrogen and oxygen atoms in total. The molecule has 0 aliphatic carbocycles. The average molecular weight is 398 g/mol. The lowest BCUT2D eigenvalue weighted by Crippen LogP contribution is -2.48. The van der Waals surface area contributed by atoms with Crippen LogP contribution in [0.2, 0.25) is 18.1 Å². The Morgan fingerprint density at radius 2 is 1.43 bits per heavy atom. The highest BCUT2D eigenvalue weighted by atomic mass is 28.4. The number of rotatable bonds is 9. The van der Waals surface area contributed by atoms with Crippen molar-refractivity contribution in [2.24, 2.45) is 0 Å². The van der Waals surface area contributed by atoms with Gasteiger partial charge in [0.1, 0.15) is 0 Å². The van der Waals surface area contributed by atoms with E-state index in [0.29, 0.717) is 0 Å². The van der Waals surface area contributed by atoms with E-state index in [1.165, 1.54) is 11.1 Å². The summed E-state index contributed by atoms with van der Waals surface area (Å²) in [5.41, 5.74) is 2.66. The fourth-order valence-electron chi connectivity index (χ4n) is 3.16. The van der Waals surface area contributed by atoms with E-state index in [4.69, 9.17) is 9.16 Å². The van der Waals surface area contributed by atoms with Crippen LogP contribution >= 0.6 is 0 Å². The summed E-state index contributed by atoms with van der Waals surface area (Å²) < 4.78 is 12.4. The molecule has 1 saturated heterocycles. The summed E-state index contributed by atoms with van der Waals surface area (Å²) in [4.78, 5) is 2.54. The minimum absolute atomic E-state index is 0.214. The molecular formula is C24H35NO2Si. The average Bonchev–Trinajstić information content (AvgIpc) is 3.47. The van der Waals surface area contributed by atoms with Gasteiger partial charge in [-0.2, -0.15) is 0 Å². The normalized spacial score (nSPS) is 18.3. The predicted molar refractivity (Wildman–Crippen MR) is 119 cm³/mol. The third-order valence-electron chi connectivity index (χ3n) is 6.14.